The molecule has 4 rings (SSSR count). The van der Waals surface area contributed by atoms with E-state index in [0.29, 0.717) is 24.3 Å². The van der Waals surface area contributed by atoms with Gasteiger partial charge in [-0.25, -0.2) is 0 Å². The van der Waals surface area contributed by atoms with Gasteiger partial charge in [-0.05, 0) is 35.9 Å². The summed E-state index contributed by atoms with van der Waals surface area (Å²) < 4.78 is -0.234. The van der Waals surface area contributed by atoms with Gasteiger partial charge in [0.25, 0.3) is 9.70 Å². The molecule has 1 aliphatic rings. The molecular formula is C21H15Cl3N2O2. The van der Waals surface area contributed by atoms with Gasteiger partial charge in [-0.15, -0.1) is 0 Å². The minimum atomic E-state index is -2.04. The van der Waals surface area contributed by atoms with Crippen molar-refractivity contribution in [1.29, 1.82) is 0 Å². The van der Waals surface area contributed by atoms with Crippen LogP contribution in [0.2, 0.25) is 0 Å². The van der Waals surface area contributed by atoms with Gasteiger partial charge in [-0.3, -0.25) is 9.59 Å². The second-order valence-corrected chi connectivity index (χ2v) is 8.79. The Balaban J connectivity index is 1.82. The summed E-state index contributed by atoms with van der Waals surface area (Å²) in [6.45, 7) is 0.705. The quantitative estimate of drug-likeness (QED) is 0.409. The van der Waals surface area contributed by atoms with Gasteiger partial charge in [0.15, 0.2) is 0 Å². The molecule has 0 N–H and O–H groups in total. The van der Waals surface area contributed by atoms with Crippen molar-refractivity contribution in [3.05, 3.63) is 89.2 Å². The topological polar surface area (TPSA) is 42.3 Å². The molecule has 1 amide bonds. The maximum atomic E-state index is 13.2. The summed E-state index contributed by atoms with van der Waals surface area (Å²) in [4.78, 5) is 27.5. The lowest BCUT2D eigenvalue weighted by Crippen LogP contribution is -2.30. The molecule has 2 aromatic carbocycles. The Hall–Kier alpha value is -2.27. The summed E-state index contributed by atoms with van der Waals surface area (Å²) in [6.07, 6.45) is 0. The third kappa shape index (κ3) is 3.44. The van der Waals surface area contributed by atoms with Gasteiger partial charge >= 0.3 is 0 Å². The molecule has 0 saturated heterocycles. The van der Waals surface area contributed by atoms with Gasteiger partial charge in [0, 0.05) is 16.9 Å². The van der Waals surface area contributed by atoms with E-state index in [1.165, 1.54) is 0 Å². The maximum Gasteiger partial charge on any atom is 0.258 e. The van der Waals surface area contributed by atoms with Gasteiger partial charge in [-0.2, -0.15) is 0 Å². The molecule has 28 heavy (non-hydrogen) atoms. The van der Waals surface area contributed by atoms with Crippen molar-refractivity contribution >= 4 is 52.2 Å². The van der Waals surface area contributed by atoms with Crippen LogP contribution in [0.25, 0.3) is 0 Å². The van der Waals surface area contributed by atoms with Crippen LogP contribution in [-0.2, 0) is 13.1 Å². The zero-order valence-electron chi connectivity index (χ0n) is 14.6. The number of nitrogens with zero attached hydrogens (tertiary/aromatic N) is 2. The highest BCUT2D eigenvalue weighted by Crippen LogP contribution is 2.34. The number of alkyl halides is 3. The van der Waals surface area contributed by atoms with E-state index in [1.807, 2.05) is 42.5 Å². The summed E-state index contributed by atoms with van der Waals surface area (Å²) in [5, 5.41) is 0. The van der Waals surface area contributed by atoms with Crippen molar-refractivity contribution in [2.75, 3.05) is 4.90 Å². The fourth-order valence-electron chi connectivity index (χ4n) is 3.42. The summed E-state index contributed by atoms with van der Waals surface area (Å²) in [5.74, 6) is -0.707. The van der Waals surface area contributed by atoms with Crippen molar-refractivity contribution in [3.63, 3.8) is 0 Å². The minimum absolute atomic E-state index is 0.114. The smallest absolute Gasteiger partial charge is 0.258 e. The number of carbonyl (C=O) groups is 2. The molecule has 0 bridgehead atoms. The highest BCUT2D eigenvalue weighted by molar-refractivity contribution is 6.77. The van der Waals surface area contributed by atoms with Crippen LogP contribution in [0.5, 0.6) is 0 Å². The number of hydrogen-bond acceptors (Lipinski definition) is 2. The first-order valence-electron chi connectivity index (χ1n) is 8.61. The van der Waals surface area contributed by atoms with E-state index in [1.54, 1.807) is 33.7 Å². The van der Waals surface area contributed by atoms with E-state index >= 15 is 0 Å². The summed E-state index contributed by atoms with van der Waals surface area (Å²) >= 11 is 17.5. The standard InChI is InChI=1S/C21H15Cl3N2O2/c22-21(23,24)19(27)18-11-10-16-13-26(20(28)14-6-2-1-3-7-14)17-9-5-4-8-15(17)12-25(16)18/h1-11H,12-13H2. The molecule has 1 aliphatic heterocycles. The Labute approximate surface area is 177 Å². The average Bonchev–Trinajstić information content (AvgIpc) is 2.99. The zero-order valence-corrected chi connectivity index (χ0v) is 16.9. The first-order valence-corrected chi connectivity index (χ1v) is 9.74. The molecule has 0 unspecified atom stereocenters. The van der Waals surface area contributed by atoms with E-state index in [0.717, 1.165) is 16.9 Å². The SMILES string of the molecule is O=C(c1ccccc1)N1Cc2ccc(C(=O)C(Cl)(Cl)Cl)n2Cc2ccccc21. The number of aromatic nitrogens is 1. The van der Waals surface area contributed by atoms with Gasteiger partial charge < -0.3 is 9.47 Å². The number of halogens is 3. The Morgan fingerprint density at radius 2 is 1.50 bits per heavy atom. The molecule has 142 valence electrons. The molecule has 0 atom stereocenters. The molecule has 0 saturated carbocycles. The molecule has 0 fully saturated rings. The van der Waals surface area contributed by atoms with Crippen LogP contribution < -0.4 is 4.90 Å². The number of Topliss-reactive ketones (excluding diaryl/α,β-unsaturated/α-hetero) is 1. The summed E-state index contributed by atoms with van der Waals surface area (Å²) in [6, 6.07) is 20.1. The number of rotatable bonds is 2. The van der Waals surface area contributed by atoms with Crippen LogP contribution in [0.15, 0.2) is 66.7 Å². The molecular weight excluding hydrogens is 419 g/mol. The summed E-state index contributed by atoms with van der Waals surface area (Å²) in [7, 11) is 0. The number of ketones is 1. The highest BCUT2D eigenvalue weighted by atomic mass is 35.6. The number of hydrogen-bond donors (Lipinski definition) is 0. The second-order valence-electron chi connectivity index (χ2n) is 6.51. The Bertz CT molecular complexity index is 1060. The number of benzene rings is 2. The lowest BCUT2D eigenvalue weighted by Gasteiger charge is -2.22. The maximum absolute atomic E-state index is 13.2. The number of amides is 1. The van der Waals surface area contributed by atoms with Crippen molar-refractivity contribution in [2.24, 2.45) is 0 Å². The van der Waals surface area contributed by atoms with Gasteiger partial charge in [-0.1, -0.05) is 71.2 Å². The average molecular weight is 434 g/mol. The third-order valence-corrected chi connectivity index (χ3v) is 5.27. The van der Waals surface area contributed by atoms with Crippen molar-refractivity contribution < 1.29 is 9.59 Å². The number of anilines is 1. The Morgan fingerprint density at radius 1 is 0.821 bits per heavy atom. The van der Waals surface area contributed by atoms with Crippen LogP contribution in [0, 0.1) is 0 Å². The fourth-order valence-corrected chi connectivity index (χ4v) is 3.71. The highest BCUT2D eigenvalue weighted by Gasteiger charge is 2.35. The number of fused-ring (bicyclic) bond motifs is 2. The van der Waals surface area contributed by atoms with Crippen molar-refractivity contribution in [2.45, 2.75) is 16.9 Å². The van der Waals surface area contributed by atoms with Crippen molar-refractivity contribution in [3.8, 4) is 0 Å². The third-order valence-electron chi connectivity index (χ3n) is 4.76. The Morgan fingerprint density at radius 3 is 2.21 bits per heavy atom. The van der Waals surface area contributed by atoms with Crippen LogP contribution in [0.3, 0.4) is 0 Å². The minimum Gasteiger partial charge on any atom is -0.336 e. The monoisotopic (exact) mass is 432 g/mol. The van der Waals surface area contributed by atoms with Crippen molar-refractivity contribution in [1.82, 2.24) is 4.57 Å². The van der Waals surface area contributed by atoms with E-state index in [4.69, 9.17) is 34.8 Å². The first kappa shape index (κ1) is 19.1. The lowest BCUT2D eigenvalue weighted by atomic mass is 10.1. The van der Waals surface area contributed by atoms with E-state index in [2.05, 4.69) is 0 Å². The Kier molecular flexibility index (Phi) is 4.96. The lowest BCUT2D eigenvalue weighted by molar-refractivity contribution is 0.0981. The van der Waals surface area contributed by atoms with Crippen LogP contribution >= 0.6 is 34.8 Å². The zero-order chi connectivity index (χ0) is 19.9. The number of para-hydroxylation sites is 1. The van der Waals surface area contributed by atoms with Gasteiger partial charge in [0.2, 0.25) is 5.78 Å². The van der Waals surface area contributed by atoms with E-state index < -0.39 is 9.58 Å². The molecule has 7 heteroatoms. The molecule has 4 nitrogen and oxygen atoms in total. The molecule has 0 spiro atoms. The largest absolute Gasteiger partial charge is 0.336 e. The van der Waals surface area contributed by atoms with Crippen LogP contribution in [0.1, 0.15) is 32.1 Å². The fraction of sp³-hybridized carbons (Fsp3) is 0.143. The molecule has 1 aromatic heterocycles. The molecule has 3 aromatic rings. The molecule has 0 radical (unpaired) electrons. The normalized spacial score (nSPS) is 13.5. The predicted octanol–water partition coefficient (Wildman–Crippen LogP) is 5.25. The van der Waals surface area contributed by atoms with Gasteiger partial charge in [0.05, 0.1) is 18.8 Å². The summed E-state index contributed by atoms with van der Waals surface area (Å²) in [5.41, 5.74) is 3.39. The predicted molar refractivity (Wildman–Crippen MR) is 112 cm³/mol. The van der Waals surface area contributed by atoms with Crippen LogP contribution in [-0.4, -0.2) is 20.1 Å². The number of carbonyl (C=O) groups excluding carboxylic acids is 2. The first-order chi connectivity index (χ1) is 13.4. The van der Waals surface area contributed by atoms with E-state index in [9.17, 15) is 9.59 Å². The van der Waals surface area contributed by atoms with Gasteiger partial charge in [0.1, 0.15) is 0 Å². The van der Waals surface area contributed by atoms with E-state index in [-0.39, 0.29) is 5.91 Å². The molecule has 0 aliphatic carbocycles. The second kappa shape index (κ2) is 7.28. The molecule has 2 heterocycles. The van der Waals surface area contributed by atoms with Crippen LogP contribution in [0.4, 0.5) is 5.69 Å².